The molecule has 4 heteroatoms. The predicted octanol–water partition coefficient (Wildman–Crippen LogP) is 4.42. The van der Waals surface area contributed by atoms with Gasteiger partial charge in [0.25, 0.3) is 0 Å². The van der Waals surface area contributed by atoms with Crippen LogP contribution in [0.15, 0.2) is 17.7 Å². The van der Waals surface area contributed by atoms with Crippen molar-refractivity contribution in [1.82, 2.24) is 4.57 Å². The molecule has 1 aromatic heterocycles. The molecule has 2 aromatic rings. The molecule has 0 aliphatic rings. The van der Waals surface area contributed by atoms with Crippen molar-refractivity contribution in [2.24, 2.45) is 0 Å². The van der Waals surface area contributed by atoms with Crippen LogP contribution in [0.3, 0.4) is 0 Å². The highest BCUT2D eigenvalue weighted by molar-refractivity contribution is 6.33. The van der Waals surface area contributed by atoms with Gasteiger partial charge in [-0.15, -0.1) is 0 Å². The van der Waals surface area contributed by atoms with Gasteiger partial charge in [-0.2, -0.15) is 0 Å². The number of benzene rings is 1. The van der Waals surface area contributed by atoms with Gasteiger partial charge >= 0.3 is 5.97 Å². The molecule has 2 rings (SSSR count). The van der Waals surface area contributed by atoms with Gasteiger partial charge in [0.05, 0.1) is 5.52 Å². The zero-order chi connectivity index (χ0) is 15.0. The van der Waals surface area contributed by atoms with Crippen LogP contribution in [0.4, 0.5) is 0 Å². The Bertz CT molecular complexity index is 726. The summed E-state index contributed by atoms with van der Waals surface area (Å²) < 4.78 is 2.00. The SMILES string of the molecule is CCn1c(Cl)c(/C=C(\C)C(=O)O)c2cc(C)c(C)cc21. The lowest BCUT2D eigenvalue weighted by Crippen LogP contribution is -1.96. The summed E-state index contributed by atoms with van der Waals surface area (Å²) in [6.45, 7) is 8.46. The van der Waals surface area contributed by atoms with Gasteiger partial charge in [-0.25, -0.2) is 4.79 Å². The van der Waals surface area contributed by atoms with Gasteiger partial charge in [-0.1, -0.05) is 11.6 Å². The molecule has 0 spiro atoms. The largest absolute Gasteiger partial charge is 0.478 e. The minimum Gasteiger partial charge on any atom is -0.478 e. The van der Waals surface area contributed by atoms with Gasteiger partial charge in [0.2, 0.25) is 0 Å². The Hall–Kier alpha value is -1.74. The molecule has 0 amide bonds. The standard InChI is InChI=1S/C16H18ClNO2/c1-5-18-14-8-10(3)9(2)6-12(14)13(15(18)17)7-11(4)16(19)20/h6-8H,5H2,1-4H3,(H,19,20)/b11-7+. The lowest BCUT2D eigenvalue weighted by Gasteiger charge is -2.04. The fourth-order valence-corrected chi connectivity index (χ4v) is 2.69. The van der Waals surface area contributed by atoms with Gasteiger partial charge in [-0.3, -0.25) is 0 Å². The van der Waals surface area contributed by atoms with Crippen molar-refractivity contribution >= 4 is 34.5 Å². The van der Waals surface area contributed by atoms with Gasteiger partial charge in [0.15, 0.2) is 0 Å². The number of carboxylic acids is 1. The molecule has 106 valence electrons. The first-order chi connectivity index (χ1) is 9.36. The average Bonchev–Trinajstić information content (AvgIpc) is 2.63. The molecule has 0 bridgehead atoms. The first kappa shape index (κ1) is 14.7. The number of aryl methyl sites for hydroxylation is 3. The summed E-state index contributed by atoms with van der Waals surface area (Å²) in [5, 5.41) is 10.6. The van der Waals surface area contributed by atoms with E-state index in [-0.39, 0.29) is 5.57 Å². The highest BCUT2D eigenvalue weighted by atomic mass is 35.5. The first-order valence-corrected chi connectivity index (χ1v) is 6.95. The molecule has 0 saturated carbocycles. The maximum atomic E-state index is 11.0. The number of hydrogen-bond acceptors (Lipinski definition) is 1. The third-order valence-electron chi connectivity index (χ3n) is 3.67. The van der Waals surface area contributed by atoms with Crippen LogP contribution in [0, 0.1) is 13.8 Å². The molecule has 20 heavy (non-hydrogen) atoms. The van der Waals surface area contributed by atoms with E-state index in [9.17, 15) is 4.79 Å². The normalized spacial score (nSPS) is 12.2. The lowest BCUT2D eigenvalue weighted by atomic mass is 10.0. The zero-order valence-corrected chi connectivity index (χ0v) is 12.9. The lowest BCUT2D eigenvalue weighted by molar-refractivity contribution is -0.132. The van der Waals surface area contributed by atoms with Gasteiger partial charge in [0, 0.05) is 23.1 Å². The highest BCUT2D eigenvalue weighted by Crippen LogP contribution is 2.33. The molecular formula is C16H18ClNO2. The Labute approximate surface area is 123 Å². The molecule has 1 heterocycles. The van der Waals surface area contributed by atoms with E-state index in [1.165, 1.54) is 11.1 Å². The summed E-state index contributed by atoms with van der Waals surface area (Å²) in [5.41, 5.74) is 4.48. The summed E-state index contributed by atoms with van der Waals surface area (Å²) in [4.78, 5) is 11.0. The van der Waals surface area contributed by atoms with E-state index < -0.39 is 5.97 Å². The summed E-state index contributed by atoms with van der Waals surface area (Å²) in [6.07, 6.45) is 1.65. The van der Waals surface area contributed by atoms with Gasteiger partial charge < -0.3 is 9.67 Å². The maximum Gasteiger partial charge on any atom is 0.331 e. The number of fused-ring (bicyclic) bond motifs is 1. The molecule has 0 aliphatic heterocycles. The number of rotatable bonds is 3. The first-order valence-electron chi connectivity index (χ1n) is 6.57. The number of nitrogens with zero attached hydrogens (tertiary/aromatic N) is 1. The molecule has 0 aliphatic carbocycles. The molecular weight excluding hydrogens is 274 g/mol. The highest BCUT2D eigenvalue weighted by Gasteiger charge is 2.15. The van der Waals surface area contributed by atoms with Crippen molar-refractivity contribution in [2.75, 3.05) is 0 Å². The topological polar surface area (TPSA) is 42.2 Å². The zero-order valence-electron chi connectivity index (χ0n) is 12.1. The number of carboxylic acid groups (broad SMARTS) is 1. The number of hydrogen-bond donors (Lipinski definition) is 1. The Balaban J connectivity index is 2.84. The van der Waals surface area contributed by atoms with Crippen LogP contribution >= 0.6 is 11.6 Å². The second kappa shape index (κ2) is 5.33. The summed E-state index contributed by atoms with van der Waals surface area (Å²) in [6, 6.07) is 4.18. The van der Waals surface area contributed by atoms with Crippen LogP contribution < -0.4 is 0 Å². The molecule has 1 aromatic carbocycles. The molecule has 0 saturated heterocycles. The van der Waals surface area contributed by atoms with E-state index in [0.29, 0.717) is 5.15 Å². The van der Waals surface area contributed by atoms with Crippen LogP contribution in [0.2, 0.25) is 5.15 Å². The van der Waals surface area contributed by atoms with E-state index in [1.54, 1.807) is 13.0 Å². The second-order valence-electron chi connectivity index (χ2n) is 5.03. The molecule has 0 unspecified atom stereocenters. The molecule has 1 N–H and O–H groups in total. The minimum atomic E-state index is -0.928. The number of carbonyl (C=O) groups is 1. The Kier molecular flexibility index (Phi) is 3.91. The maximum absolute atomic E-state index is 11.0. The van der Waals surface area contributed by atoms with E-state index in [0.717, 1.165) is 23.0 Å². The fourth-order valence-electron chi connectivity index (χ4n) is 2.33. The summed E-state index contributed by atoms with van der Waals surface area (Å²) in [5.74, 6) is -0.928. The number of aliphatic carboxylic acids is 1. The third-order valence-corrected chi connectivity index (χ3v) is 4.07. The summed E-state index contributed by atoms with van der Waals surface area (Å²) in [7, 11) is 0. The van der Waals surface area contributed by atoms with E-state index in [2.05, 4.69) is 19.1 Å². The Morgan fingerprint density at radius 2 is 1.95 bits per heavy atom. The van der Waals surface area contributed by atoms with E-state index in [1.807, 2.05) is 18.4 Å². The summed E-state index contributed by atoms with van der Waals surface area (Å²) >= 11 is 6.43. The second-order valence-corrected chi connectivity index (χ2v) is 5.39. The molecule has 0 radical (unpaired) electrons. The van der Waals surface area contributed by atoms with Crippen molar-refractivity contribution in [3.05, 3.63) is 39.5 Å². The van der Waals surface area contributed by atoms with Crippen molar-refractivity contribution in [3.63, 3.8) is 0 Å². The number of halogens is 1. The minimum absolute atomic E-state index is 0.278. The van der Waals surface area contributed by atoms with E-state index in [4.69, 9.17) is 16.7 Å². The fraction of sp³-hybridized carbons (Fsp3) is 0.312. The van der Waals surface area contributed by atoms with Crippen molar-refractivity contribution in [2.45, 2.75) is 34.2 Å². The van der Waals surface area contributed by atoms with Crippen LogP contribution in [-0.2, 0) is 11.3 Å². The number of aromatic nitrogens is 1. The van der Waals surface area contributed by atoms with Crippen molar-refractivity contribution in [1.29, 1.82) is 0 Å². The van der Waals surface area contributed by atoms with Crippen LogP contribution in [0.5, 0.6) is 0 Å². The van der Waals surface area contributed by atoms with Crippen LogP contribution in [0.1, 0.15) is 30.5 Å². The van der Waals surface area contributed by atoms with Gasteiger partial charge in [0.1, 0.15) is 5.15 Å². The van der Waals surface area contributed by atoms with E-state index >= 15 is 0 Å². The molecule has 3 nitrogen and oxygen atoms in total. The third kappa shape index (κ3) is 2.34. The van der Waals surface area contributed by atoms with Gasteiger partial charge in [-0.05, 0) is 57.0 Å². The Morgan fingerprint density at radius 1 is 1.35 bits per heavy atom. The van der Waals surface area contributed by atoms with Crippen LogP contribution in [0.25, 0.3) is 17.0 Å². The smallest absolute Gasteiger partial charge is 0.331 e. The quantitative estimate of drug-likeness (QED) is 0.851. The molecule has 0 fully saturated rings. The van der Waals surface area contributed by atoms with Crippen molar-refractivity contribution in [3.8, 4) is 0 Å². The van der Waals surface area contributed by atoms with Crippen molar-refractivity contribution < 1.29 is 9.90 Å². The average molecular weight is 292 g/mol. The Morgan fingerprint density at radius 3 is 2.50 bits per heavy atom. The monoisotopic (exact) mass is 291 g/mol. The predicted molar refractivity (Wildman–Crippen MR) is 83.4 cm³/mol. The van der Waals surface area contributed by atoms with Crippen LogP contribution in [-0.4, -0.2) is 15.6 Å². The molecule has 0 atom stereocenters.